The minimum atomic E-state index is -0.422. The maximum Gasteiger partial charge on any atom is 0.410 e. The van der Waals surface area contributed by atoms with Crippen molar-refractivity contribution >= 4 is 6.09 Å². The Kier molecular flexibility index (Phi) is 6.64. The highest BCUT2D eigenvalue weighted by molar-refractivity contribution is 5.67. The van der Waals surface area contributed by atoms with Crippen LogP contribution in [0.4, 0.5) is 4.79 Å². The number of amides is 1. The van der Waals surface area contributed by atoms with Gasteiger partial charge in [-0.3, -0.25) is 0 Å². The molecule has 0 aliphatic carbocycles. The van der Waals surface area contributed by atoms with Crippen molar-refractivity contribution in [2.24, 2.45) is 0 Å². The van der Waals surface area contributed by atoms with Crippen molar-refractivity contribution in [1.82, 2.24) is 4.90 Å². The summed E-state index contributed by atoms with van der Waals surface area (Å²) in [6.45, 7) is 6.32. The number of unbranched alkanes of at least 4 members (excludes halogenated alkanes) is 3. The van der Waals surface area contributed by atoms with Gasteiger partial charge in [-0.1, -0.05) is 6.42 Å². The molecule has 3 nitrogen and oxygen atoms in total. The molecule has 16 heavy (non-hydrogen) atoms. The van der Waals surface area contributed by atoms with E-state index in [1.54, 1.807) is 11.9 Å². The van der Waals surface area contributed by atoms with E-state index in [9.17, 15) is 4.79 Å². The molecule has 0 aliphatic heterocycles. The molecule has 0 heterocycles. The topological polar surface area (TPSA) is 29.5 Å². The highest BCUT2D eigenvalue weighted by Crippen LogP contribution is 2.09. The summed E-state index contributed by atoms with van der Waals surface area (Å²) in [4.78, 5) is 13.2. The molecule has 0 aliphatic rings. The Hall–Kier alpha value is -1.17. The second-order valence-corrected chi connectivity index (χ2v) is 4.92. The second kappa shape index (κ2) is 7.16. The van der Waals surface area contributed by atoms with Gasteiger partial charge >= 0.3 is 6.09 Å². The third-order valence-corrected chi connectivity index (χ3v) is 2.02. The van der Waals surface area contributed by atoms with E-state index in [4.69, 9.17) is 11.2 Å². The molecule has 0 saturated heterocycles. The molecule has 92 valence electrons. The van der Waals surface area contributed by atoms with Crippen LogP contribution in [0.5, 0.6) is 0 Å². The molecular weight excluding hydrogens is 202 g/mol. The van der Waals surface area contributed by atoms with Crippen LogP contribution in [0.15, 0.2) is 0 Å². The zero-order valence-corrected chi connectivity index (χ0v) is 10.9. The van der Waals surface area contributed by atoms with Gasteiger partial charge in [0, 0.05) is 20.0 Å². The van der Waals surface area contributed by atoms with E-state index in [1.807, 2.05) is 20.8 Å². The summed E-state index contributed by atoms with van der Waals surface area (Å²) in [7, 11) is 1.76. The molecule has 3 heteroatoms. The Morgan fingerprint density at radius 3 is 2.44 bits per heavy atom. The van der Waals surface area contributed by atoms with Crippen LogP contribution >= 0.6 is 0 Å². The van der Waals surface area contributed by atoms with Gasteiger partial charge in [0.25, 0.3) is 0 Å². The van der Waals surface area contributed by atoms with Crippen molar-refractivity contribution in [1.29, 1.82) is 0 Å². The third kappa shape index (κ3) is 8.16. The van der Waals surface area contributed by atoms with E-state index in [0.717, 1.165) is 32.2 Å². The molecule has 0 fully saturated rings. The summed E-state index contributed by atoms with van der Waals surface area (Å²) >= 11 is 0. The number of hydrogen-bond donors (Lipinski definition) is 0. The molecule has 0 unspecified atom stereocenters. The summed E-state index contributed by atoms with van der Waals surface area (Å²) in [5.41, 5.74) is -0.422. The fourth-order valence-corrected chi connectivity index (χ4v) is 1.18. The second-order valence-electron chi connectivity index (χ2n) is 4.92. The number of terminal acetylenes is 1. The fraction of sp³-hybridized carbons (Fsp3) is 0.769. The number of carbonyl (C=O) groups is 1. The predicted molar refractivity (Wildman–Crippen MR) is 66.2 cm³/mol. The van der Waals surface area contributed by atoms with Gasteiger partial charge in [-0.05, 0) is 33.6 Å². The van der Waals surface area contributed by atoms with E-state index in [0.29, 0.717) is 0 Å². The SMILES string of the molecule is C#CCCCCCN(C)C(=O)OC(C)(C)C. The highest BCUT2D eigenvalue weighted by Gasteiger charge is 2.18. The van der Waals surface area contributed by atoms with E-state index in [2.05, 4.69) is 5.92 Å². The summed E-state index contributed by atoms with van der Waals surface area (Å²) in [5, 5.41) is 0. The fourth-order valence-electron chi connectivity index (χ4n) is 1.18. The van der Waals surface area contributed by atoms with Crippen LogP contribution in [0.2, 0.25) is 0 Å². The molecular formula is C13H23NO2. The van der Waals surface area contributed by atoms with Crippen LogP contribution < -0.4 is 0 Å². The Labute approximate surface area is 99.2 Å². The smallest absolute Gasteiger partial charge is 0.410 e. The van der Waals surface area contributed by atoms with Crippen molar-refractivity contribution in [2.45, 2.75) is 52.1 Å². The molecule has 0 aromatic rings. The summed E-state index contributed by atoms with van der Waals surface area (Å²) in [6, 6.07) is 0. The first-order valence-corrected chi connectivity index (χ1v) is 5.74. The molecule has 0 aromatic carbocycles. The number of nitrogens with zero attached hydrogens (tertiary/aromatic N) is 1. The van der Waals surface area contributed by atoms with E-state index in [1.165, 1.54) is 0 Å². The average Bonchev–Trinajstić information content (AvgIpc) is 2.14. The zero-order valence-electron chi connectivity index (χ0n) is 10.9. The van der Waals surface area contributed by atoms with E-state index >= 15 is 0 Å². The van der Waals surface area contributed by atoms with Crippen molar-refractivity contribution < 1.29 is 9.53 Å². The first-order chi connectivity index (χ1) is 7.37. The lowest BCUT2D eigenvalue weighted by molar-refractivity contribution is 0.0296. The van der Waals surface area contributed by atoms with Gasteiger partial charge < -0.3 is 9.64 Å². The molecule has 0 N–H and O–H groups in total. The lowest BCUT2D eigenvalue weighted by Gasteiger charge is -2.24. The van der Waals surface area contributed by atoms with Crippen LogP contribution in [0.1, 0.15) is 46.5 Å². The minimum Gasteiger partial charge on any atom is -0.444 e. The van der Waals surface area contributed by atoms with Crippen LogP contribution in [-0.2, 0) is 4.74 Å². The van der Waals surface area contributed by atoms with Gasteiger partial charge in [-0.2, -0.15) is 0 Å². The van der Waals surface area contributed by atoms with Crippen LogP contribution in [0.3, 0.4) is 0 Å². The van der Waals surface area contributed by atoms with Crippen molar-refractivity contribution in [2.75, 3.05) is 13.6 Å². The van der Waals surface area contributed by atoms with Gasteiger partial charge in [-0.15, -0.1) is 12.3 Å². The lowest BCUT2D eigenvalue weighted by Crippen LogP contribution is -2.34. The molecule has 0 rings (SSSR count). The van der Waals surface area contributed by atoms with Crippen molar-refractivity contribution in [3.8, 4) is 12.3 Å². The standard InChI is InChI=1S/C13H23NO2/c1-6-7-8-9-10-11-14(5)12(15)16-13(2,3)4/h1H,7-11H2,2-5H3. The van der Waals surface area contributed by atoms with Gasteiger partial charge in [0.15, 0.2) is 0 Å². The van der Waals surface area contributed by atoms with Gasteiger partial charge in [0.05, 0.1) is 0 Å². The van der Waals surface area contributed by atoms with Gasteiger partial charge in [-0.25, -0.2) is 4.79 Å². The van der Waals surface area contributed by atoms with Crippen LogP contribution in [-0.4, -0.2) is 30.2 Å². The van der Waals surface area contributed by atoms with Crippen LogP contribution in [0, 0.1) is 12.3 Å². The summed E-state index contributed by atoms with van der Waals surface area (Å²) < 4.78 is 5.23. The van der Waals surface area contributed by atoms with Crippen molar-refractivity contribution in [3.63, 3.8) is 0 Å². The van der Waals surface area contributed by atoms with E-state index in [-0.39, 0.29) is 6.09 Å². The Morgan fingerprint density at radius 1 is 1.31 bits per heavy atom. The summed E-state index contributed by atoms with van der Waals surface area (Å²) in [5.74, 6) is 2.60. The quantitative estimate of drug-likeness (QED) is 0.531. The lowest BCUT2D eigenvalue weighted by atomic mass is 10.2. The normalized spacial score (nSPS) is 10.7. The van der Waals surface area contributed by atoms with Gasteiger partial charge in [0.1, 0.15) is 5.60 Å². The first-order valence-electron chi connectivity index (χ1n) is 5.74. The molecule has 1 amide bonds. The largest absolute Gasteiger partial charge is 0.444 e. The predicted octanol–water partition coefficient (Wildman–Crippen LogP) is 3.05. The van der Waals surface area contributed by atoms with E-state index < -0.39 is 5.60 Å². The molecule has 0 saturated carbocycles. The Balaban J connectivity index is 3.68. The van der Waals surface area contributed by atoms with Gasteiger partial charge in [0.2, 0.25) is 0 Å². The number of carbonyl (C=O) groups excluding carboxylic acids is 1. The van der Waals surface area contributed by atoms with Crippen LogP contribution in [0.25, 0.3) is 0 Å². The molecule has 0 spiro atoms. The summed E-state index contributed by atoms with van der Waals surface area (Å²) in [6.07, 6.45) is 8.76. The number of hydrogen-bond acceptors (Lipinski definition) is 2. The third-order valence-electron chi connectivity index (χ3n) is 2.02. The highest BCUT2D eigenvalue weighted by atomic mass is 16.6. The zero-order chi connectivity index (χ0) is 12.6. The number of ether oxygens (including phenoxy) is 1. The number of rotatable bonds is 5. The Morgan fingerprint density at radius 2 is 1.94 bits per heavy atom. The molecule has 0 aromatic heterocycles. The first kappa shape index (κ1) is 14.8. The molecule has 0 radical (unpaired) electrons. The molecule has 0 atom stereocenters. The maximum absolute atomic E-state index is 11.5. The van der Waals surface area contributed by atoms with Crippen molar-refractivity contribution in [3.05, 3.63) is 0 Å². The molecule has 0 bridgehead atoms. The minimum absolute atomic E-state index is 0.260. The maximum atomic E-state index is 11.5. The monoisotopic (exact) mass is 225 g/mol. The Bertz CT molecular complexity index is 248. The average molecular weight is 225 g/mol.